The Morgan fingerprint density at radius 1 is 1.31 bits per heavy atom. The van der Waals surface area contributed by atoms with Crippen LogP contribution in [-0.2, 0) is 4.74 Å². The first kappa shape index (κ1) is 9.47. The van der Waals surface area contributed by atoms with Crippen molar-refractivity contribution in [2.45, 2.75) is 27.2 Å². The van der Waals surface area contributed by atoms with E-state index in [1.807, 2.05) is 0 Å². The van der Waals surface area contributed by atoms with Crippen LogP contribution >= 0.6 is 0 Å². The van der Waals surface area contributed by atoms with Crippen LogP contribution in [0.5, 0.6) is 0 Å². The van der Waals surface area contributed by atoms with Crippen LogP contribution in [0.1, 0.15) is 27.2 Å². The van der Waals surface area contributed by atoms with Crippen molar-refractivity contribution in [1.29, 1.82) is 0 Å². The summed E-state index contributed by atoms with van der Waals surface area (Å²) in [5, 5.41) is 3.50. The van der Waals surface area contributed by atoms with Gasteiger partial charge in [-0.1, -0.05) is 20.8 Å². The first-order valence-electron chi connectivity index (χ1n) is 5.33. The molecule has 1 unspecified atom stereocenters. The first-order chi connectivity index (χ1) is 6.05. The quantitative estimate of drug-likeness (QED) is 0.616. The highest BCUT2D eigenvalue weighted by Crippen LogP contribution is 2.48. The molecule has 2 heterocycles. The molecule has 2 fully saturated rings. The monoisotopic (exact) mass is 183 g/mol. The lowest BCUT2D eigenvalue weighted by Gasteiger charge is -2.54. The van der Waals surface area contributed by atoms with Crippen molar-refractivity contribution in [2.24, 2.45) is 16.7 Å². The maximum Gasteiger partial charge on any atom is 0.0559 e. The second kappa shape index (κ2) is 2.96. The fraction of sp³-hybridized carbons (Fsp3) is 1.00. The van der Waals surface area contributed by atoms with Gasteiger partial charge in [0.15, 0.2) is 0 Å². The van der Waals surface area contributed by atoms with Gasteiger partial charge >= 0.3 is 0 Å². The van der Waals surface area contributed by atoms with Crippen molar-refractivity contribution in [2.75, 3.05) is 26.3 Å². The minimum Gasteiger partial charge on any atom is -0.380 e. The second-order valence-electron chi connectivity index (χ2n) is 5.74. The van der Waals surface area contributed by atoms with E-state index in [9.17, 15) is 0 Å². The summed E-state index contributed by atoms with van der Waals surface area (Å²) in [7, 11) is 0. The molecule has 2 nitrogen and oxygen atoms in total. The van der Waals surface area contributed by atoms with E-state index >= 15 is 0 Å². The minimum atomic E-state index is 0.436. The summed E-state index contributed by atoms with van der Waals surface area (Å²) in [5.74, 6) is 0.829. The Hall–Kier alpha value is -0.0800. The zero-order chi connectivity index (χ0) is 9.53. The molecule has 0 radical (unpaired) electrons. The summed E-state index contributed by atoms with van der Waals surface area (Å²) in [6, 6.07) is 0. The molecule has 0 aliphatic carbocycles. The maximum absolute atomic E-state index is 5.40. The van der Waals surface area contributed by atoms with Crippen LogP contribution in [0.25, 0.3) is 0 Å². The normalized spacial score (nSPS) is 33.0. The van der Waals surface area contributed by atoms with Gasteiger partial charge in [0, 0.05) is 12.0 Å². The molecule has 1 spiro atoms. The molecule has 13 heavy (non-hydrogen) atoms. The van der Waals surface area contributed by atoms with Gasteiger partial charge in [0.25, 0.3) is 0 Å². The molecule has 2 aliphatic rings. The lowest BCUT2D eigenvalue weighted by Crippen LogP contribution is -2.60. The van der Waals surface area contributed by atoms with Gasteiger partial charge in [-0.15, -0.1) is 0 Å². The first-order valence-corrected chi connectivity index (χ1v) is 5.33. The fourth-order valence-electron chi connectivity index (χ4n) is 3.03. The van der Waals surface area contributed by atoms with Gasteiger partial charge in [0.05, 0.1) is 13.2 Å². The Morgan fingerprint density at radius 2 is 2.00 bits per heavy atom. The van der Waals surface area contributed by atoms with E-state index < -0.39 is 0 Å². The third-order valence-corrected chi connectivity index (χ3v) is 3.65. The lowest BCUT2D eigenvalue weighted by molar-refractivity contribution is -0.176. The highest BCUT2D eigenvalue weighted by molar-refractivity contribution is 5.00. The van der Waals surface area contributed by atoms with E-state index in [-0.39, 0.29) is 0 Å². The van der Waals surface area contributed by atoms with Crippen molar-refractivity contribution >= 4 is 0 Å². The second-order valence-corrected chi connectivity index (χ2v) is 5.74. The van der Waals surface area contributed by atoms with E-state index in [2.05, 4.69) is 26.1 Å². The Balaban J connectivity index is 2.14. The molecule has 0 aromatic heterocycles. The molecule has 0 saturated carbocycles. The van der Waals surface area contributed by atoms with Crippen molar-refractivity contribution < 1.29 is 4.74 Å². The molecule has 2 rings (SSSR count). The number of rotatable bonds is 0. The van der Waals surface area contributed by atoms with Gasteiger partial charge in [-0.2, -0.15) is 0 Å². The van der Waals surface area contributed by atoms with E-state index in [0.717, 1.165) is 25.7 Å². The molecule has 1 N–H and O–H groups in total. The van der Waals surface area contributed by atoms with Crippen molar-refractivity contribution in [3.8, 4) is 0 Å². The Labute approximate surface area is 81.0 Å². The summed E-state index contributed by atoms with van der Waals surface area (Å²) in [5.41, 5.74) is 0.905. The van der Waals surface area contributed by atoms with Crippen LogP contribution in [-0.4, -0.2) is 26.3 Å². The van der Waals surface area contributed by atoms with E-state index in [4.69, 9.17) is 4.74 Å². The Morgan fingerprint density at radius 3 is 2.38 bits per heavy atom. The molecule has 2 saturated heterocycles. The van der Waals surface area contributed by atoms with E-state index in [0.29, 0.717) is 10.8 Å². The lowest BCUT2D eigenvalue weighted by atomic mass is 9.60. The van der Waals surface area contributed by atoms with Gasteiger partial charge in [-0.05, 0) is 24.3 Å². The van der Waals surface area contributed by atoms with Gasteiger partial charge in [-0.25, -0.2) is 0 Å². The van der Waals surface area contributed by atoms with Crippen molar-refractivity contribution in [3.05, 3.63) is 0 Å². The fourth-order valence-corrected chi connectivity index (χ4v) is 3.03. The number of piperidine rings is 1. The van der Waals surface area contributed by atoms with Crippen LogP contribution in [0.15, 0.2) is 0 Å². The van der Waals surface area contributed by atoms with Crippen LogP contribution in [0.2, 0.25) is 0 Å². The van der Waals surface area contributed by atoms with Crippen LogP contribution < -0.4 is 5.32 Å². The largest absolute Gasteiger partial charge is 0.380 e. The minimum absolute atomic E-state index is 0.436. The third-order valence-electron chi connectivity index (χ3n) is 3.65. The summed E-state index contributed by atoms with van der Waals surface area (Å²) in [4.78, 5) is 0. The number of ether oxygens (including phenoxy) is 1. The predicted molar refractivity (Wildman–Crippen MR) is 53.7 cm³/mol. The SMILES string of the molecule is CC(C)(C)C1CCNCC12COC2. The zero-order valence-electron chi connectivity index (χ0n) is 9.02. The van der Waals surface area contributed by atoms with Gasteiger partial charge < -0.3 is 10.1 Å². The van der Waals surface area contributed by atoms with Crippen molar-refractivity contribution in [1.82, 2.24) is 5.32 Å². The summed E-state index contributed by atoms with van der Waals surface area (Å²) < 4.78 is 5.40. The summed E-state index contributed by atoms with van der Waals surface area (Å²) in [6.45, 7) is 11.4. The zero-order valence-corrected chi connectivity index (χ0v) is 9.02. The molecular formula is C11H21NO. The topological polar surface area (TPSA) is 21.3 Å². The standard InChI is InChI=1S/C11H21NO/c1-10(2,3)9-4-5-12-6-11(9)7-13-8-11/h9,12H,4-8H2,1-3H3. The van der Waals surface area contributed by atoms with Gasteiger partial charge in [-0.3, -0.25) is 0 Å². The third kappa shape index (κ3) is 1.50. The van der Waals surface area contributed by atoms with Gasteiger partial charge in [0.2, 0.25) is 0 Å². The number of nitrogens with one attached hydrogen (secondary N) is 1. The summed E-state index contributed by atoms with van der Waals surface area (Å²) in [6.07, 6.45) is 1.31. The molecule has 1 atom stereocenters. The van der Waals surface area contributed by atoms with E-state index in [1.54, 1.807) is 0 Å². The Bertz CT molecular complexity index is 191. The highest BCUT2D eigenvalue weighted by atomic mass is 16.5. The number of hydrogen-bond acceptors (Lipinski definition) is 2. The predicted octanol–water partition coefficient (Wildman–Crippen LogP) is 1.66. The maximum atomic E-state index is 5.40. The van der Waals surface area contributed by atoms with Crippen molar-refractivity contribution in [3.63, 3.8) is 0 Å². The summed E-state index contributed by atoms with van der Waals surface area (Å²) >= 11 is 0. The average Bonchev–Trinajstić information content (AvgIpc) is 2.00. The van der Waals surface area contributed by atoms with Crippen LogP contribution in [0.3, 0.4) is 0 Å². The van der Waals surface area contributed by atoms with Crippen LogP contribution in [0, 0.1) is 16.7 Å². The Kier molecular flexibility index (Phi) is 2.16. The van der Waals surface area contributed by atoms with Gasteiger partial charge in [0.1, 0.15) is 0 Å². The average molecular weight is 183 g/mol. The molecular weight excluding hydrogens is 162 g/mol. The molecule has 0 aromatic carbocycles. The molecule has 0 aromatic rings. The molecule has 2 heteroatoms. The van der Waals surface area contributed by atoms with E-state index in [1.165, 1.54) is 13.0 Å². The molecule has 0 bridgehead atoms. The molecule has 76 valence electrons. The van der Waals surface area contributed by atoms with Crippen LogP contribution in [0.4, 0.5) is 0 Å². The highest BCUT2D eigenvalue weighted by Gasteiger charge is 2.50. The number of hydrogen-bond donors (Lipinski definition) is 1. The molecule has 0 amide bonds. The molecule has 2 aliphatic heterocycles. The smallest absolute Gasteiger partial charge is 0.0559 e.